The minimum Gasteiger partial charge on any atom is -0.450 e. The van der Waals surface area contributed by atoms with Crippen LogP contribution in [0.15, 0.2) is 0 Å². The van der Waals surface area contributed by atoms with Gasteiger partial charge in [0.15, 0.2) is 6.04 Å². The average Bonchev–Trinajstić information content (AvgIpc) is 2.03. The highest BCUT2D eigenvalue weighted by Crippen LogP contribution is 1.79. The summed E-state index contributed by atoms with van der Waals surface area (Å²) < 4.78 is 4.37. The van der Waals surface area contributed by atoms with Gasteiger partial charge in [-0.25, -0.2) is 4.79 Å². The van der Waals surface area contributed by atoms with E-state index in [1.165, 1.54) is 6.07 Å². The molecular weight excluding hydrogens is 162 g/mol. The van der Waals surface area contributed by atoms with Crippen molar-refractivity contribution in [2.45, 2.75) is 13.0 Å². The molecule has 0 bridgehead atoms. The lowest BCUT2D eigenvalue weighted by Crippen LogP contribution is -2.42. The topological polar surface area (TPSA) is 105 Å². The van der Waals surface area contributed by atoms with Crippen LogP contribution >= 0.6 is 0 Å². The fourth-order valence-corrected chi connectivity index (χ4v) is 0.404. The molecule has 0 saturated carbocycles. The third kappa shape index (κ3) is 3.53. The lowest BCUT2D eigenvalue weighted by atomic mass is 10.3. The highest BCUT2D eigenvalue weighted by molar-refractivity contribution is 5.96. The van der Waals surface area contributed by atoms with Crippen LogP contribution in [0.5, 0.6) is 0 Å². The second kappa shape index (κ2) is 5.09. The first-order chi connectivity index (χ1) is 5.61. The van der Waals surface area contributed by atoms with E-state index in [9.17, 15) is 9.59 Å². The van der Waals surface area contributed by atoms with Crippen molar-refractivity contribution in [1.29, 1.82) is 5.26 Å². The molecule has 3 N–H and O–H groups in total. The maximum Gasteiger partial charge on any atom is 0.413 e. The first-order valence-electron chi connectivity index (χ1n) is 3.24. The maximum atomic E-state index is 10.7. The van der Waals surface area contributed by atoms with Crippen LogP contribution < -0.4 is 11.1 Å². The highest BCUT2D eigenvalue weighted by atomic mass is 16.5. The van der Waals surface area contributed by atoms with Crippen LogP contribution in [0, 0.1) is 11.3 Å². The molecule has 1 atom stereocenters. The van der Waals surface area contributed by atoms with Crippen molar-refractivity contribution in [2.75, 3.05) is 6.61 Å². The van der Waals surface area contributed by atoms with Crippen LogP contribution in [0.1, 0.15) is 6.92 Å². The first-order valence-corrected chi connectivity index (χ1v) is 3.24. The lowest BCUT2D eigenvalue weighted by molar-refractivity contribution is -0.120. The van der Waals surface area contributed by atoms with Crippen molar-refractivity contribution >= 4 is 12.0 Å². The van der Waals surface area contributed by atoms with E-state index in [0.717, 1.165) is 0 Å². The molecule has 0 aliphatic rings. The predicted molar refractivity (Wildman–Crippen MR) is 38.8 cm³/mol. The van der Waals surface area contributed by atoms with Gasteiger partial charge in [-0.3, -0.25) is 10.1 Å². The van der Waals surface area contributed by atoms with Gasteiger partial charge in [-0.2, -0.15) is 5.26 Å². The summed E-state index contributed by atoms with van der Waals surface area (Å²) in [6, 6.07) is 0.132. The molecule has 66 valence electrons. The molecule has 0 spiro atoms. The summed E-state index contributed by atoms with van der Waals surface area (Å²) in [5.41, 5.74) is 4.98. The van der Waals surface area contributed by atoms with Crippen LogP contribution in [-0.2, 0) is 9.53 Å². The summed E-state index contributed by atoms with van der Waals surface area (Å²) in [6.07, 6.45) is -0.895. The Balaban J connectivity index is 3.86. The monoisotopic (exact) mass is 171 g/mol. The van der Waals surface area contributed by atoms with Crippen molar-refractivity contribution < 1.29 is 14.3 Å². The van der Waals surface area contributed by atoms with Gasteiger partial charge in [0.25, 0.3) is 5.91 Å². The van der Waals surface area contributed by atoms with Crippen LogP contribution in [0.4, 0.5) is 4.79 Å². The predicted octanol–water partition coefficient (Wildman–Crippen LogP) is -0.890. The molecule has 0 aromatic carbocycles. The van der Waals surface area contributed by atoms with Crippen molar-refractivity contribution in [3.8, 4) is 6.07 Å². The van der Waals surface area contributed by atoms with Crippen molar-refractivity contribution in [1.82, 2.24) is 5.32 Å². The van der Waals surface area contributed by atoms with E-state index in [4.69, 9.17) is 11.0 Å². The number of nitrogens with one attached hydrogen (secondary N) is 1. The van der Waals surface area contributed by atoms with Gasteiger partial charge in [0, 0.05) is 0 Å². The molecule has 0 aliphatic carbocycles. The molecule has 6 nitrogen and oxygen atoms in total. The number of ether oxygens (including phenoxy) is 1. The Kier molecular flexibility index (Phi) is 4.41. The van der Waals surface area contributed by atoms with Gasteiger partial charge in [-0.15, -0.1) is 0 Å². The Morgan fingerprint density at radius 3 is 2.75 bits per heavy atom. The summed E-state index contributed by atoms with van der Waals surface area (Å²) in [7, 11) is 0. The zero-order valence-corrected chi connectivity index (χ0v) is 6.53. The van der Waals surface area contributed by atoms with Crippen LogP contribution in [-0.4, -0.2) is 24.6 Å². The van der Waals surface area contributed by atoms with E-state index in [0.29, 0.717) is 0 Å². The summed E-state index contributed by atoms with van der Waals surface area (Å²) in [4.78, 5) is 21.3. The van der Waals surface area contributed by atoms with Gasteiger partial charge in [0.05, 0.1) is 12.7 Å². The smallest absolute Gasteiger partial charge is 0.413 e. The molecule has 6 heteroatoms. The van der Waals surface area contributed by atoms with Crippen LogP contribution in [0.25, 0.3) is 0 Å². The molecule has 0 radical (unpaired) electrons. The Morgan fingerprint density at radius 2 is 2.33 bits per heavy atom. The van der Waals surface area contributed by atoms with E-state index in [1.807, 2.05) is 0 Å². The number of carbonyl (C=O) groups excluding carboxylic acids is 2. The SMILES string of the molecule is CCOC(=O)NC(=O)C(N)C#N. The maximum absolute atomic E-state index is 10.7. The summed E-state index contributed by atoms with van der Waals surface area (Å²) in [5.74, 6) is -0.865. The first kappa shape index (κ1) is 10.4. The van der Waals surface area contributed by atoms with Crippen molar-refractivity contribution in [3.63, 3.8) is 0 Å². The molecule has 0 aromatic rings. The number of alkyl carbamates (subject to hydrolysis) is 1. The van der Waals surface area contributed by atoms with Crippen LogP contribution in [0.3, 0.4) is 0 Å². The number of hydrogen-bond donors (Lipinski definition) is 2. The van der Waals surface area contributed by atoms with E-state index in [-0.39, 0.29) is 6.61 Å². The summed E-state index contributed by atoms with van der Waals surface area (Å²) in [5, 5.41) is 9.94. The summed E-state index contributed by atoms with van der Waals surface area (Å²) >= 11 is 0. The van der Waals surface area contributed by atoms with Gasteiger partial charge in [0.2, 0.25) is 0 Å². The second-order valence-electron chi connectivity index (χ2n) is 1.82. The van der Waals surface area contributed by atoms with Crippen LogP contribution in [0.2, 0.25) is 0 Å². The van der Waals surface area contributed by atoms with E-state index >= 15 is 0 Å². The Bertz CT molecular complexity index is 221. The normalized spacial score (nSPS) is 11.1. The third-order valence-electron chi connectivity index (χ3n) is 0.922. The largest absolute Gasteiger partial charge is 0.450 e. The fraction of sp³-hybridized carbons (Fsp3) is 0.500. The number of imide groups is 1. The standard InChI is InChI=1S/C6H9N3O3/c1-2-12-6(11)9-5(10)4(8)3-7/h4H,2,8H2,1H3,(H,9,10,11). The lowest BCUT2D eigenvalue weighted by Gasteiger charge is -2.03. The number of amides is 2. The van der Waals surface area contributed by atoms with Gasteiger partial charge in [-0.1, -0.05) is 0 Å². The quantitative estimate of drug-likeness (QED) is 0.560. The number of nitriles is 1. The zero-order valence-electron chi connectivity index (χ0n) is 6.53. The Hall–Kier alpha value is -1.61. The summed E-state index contributed by atoms with van der Waals surface area (Å²) in [6.45, 7) is 1.75. The molecule has 2 amide bonds. The number of carbonyl (C=O) groups is 2. The van der Waals surface area contributed by atoms with Gasteiger partial charge < -0.3 is 10.5 Å². The second-order valence-corrected chi connectivity index (χ2v) is 1.82. The molecular formula is C6H9N3O3. The molecule has 0 heterocycles. The number of nitrogens with two attached hydrogens (primary N) is 1. The molecule has 0 aliphatic heterocycles. The minimum absolute atomic E-state index is 0.154. The van der Waals surface area contributed by atoms with E-state index in [1.54, 1.807) is 12.2 Å². The van der Waals surface area contributed by atoms with Crippen molar-refractivity contribution in [3.05, 3.63) is 0 Å². The highest BCUT2D eigenvalue weighted by Gasteiger charge is 2.15. The molecule has 12 heavy (non-hydrogen) atoms. The van der Waals surface area contributed by atoms with E-state index in [2.05, 4.69) is 4.74 Å². The van der Waals surface area contributed by atoms with Gasteiger partial charge in [0.1, 0.15) is 0 Å². The Labute approximate surface area is 69.3 Å². The zero-order chi connectivity index (χ0) is 9.56. The third-order valence-corrected chi connectivity index (χ3v) is 0.922. The molecule has 1 unspecified atom stereocenters. The Morgan fingerprint density at radius 1 is 1.75 bits per heavy atom. The minimum atomic E-state index is -1.34. The van der Waals surface area contributed by atoms with Gasteiger partial charge >= 0.3 is 6.09 Å². The van der Waals surface area contributed by atoms with E-state index < -0.39 is 18.0 Å². The molecule has 0 rings (SSSR count). The molecule has 0 fully saturated rings. The number of hydrogen-bond acceptors (Lipinski definition) is 5. The van der Waals surface area contributed by atoms with Gasteiger partial charge in [-0.05, 0) is 6.92 Å². The average molecular weight is 171 g/mol. The molecule has 0 saturated heterocycles. The number of nitrogens with zero attached hydrogens (tertiary/aromatic N) is 1. The number of rotatable bonds is 2. The van der Waals surface area contributed by atoms with Crippen molar-refractivity contribution in [2.24, 2.45) is 5.73 Å². The fourth-order valence-electron chi connectivity index (χ4n) is 0.404. The molecule has 0 aromatic heterocycles.